The van der Waals surface area contributed by atoms with Crippen LogP contribution in [0.3, 0.4) is 0 Å². The summed E-state index contributed by atoms with van der Waals surface area (Å²) in [4.78, 5) is 27.9. The van der Waals surface area contributed by atoms with Crippen LogP contribution >= 0.6 is 0 Å². The van der Waals surface area contributed by atoms with Crippen molar-refractivity contribution in [1.29, 1.82) is 0 Å². The van der Waals surface area contributed by atoms with Gasteiger partial charge in [-0.2, -0.15) is 0 Å². The number of ether oxygens (including phenoxy) is 1. The second kappa shape index (κ2) is 12.4. The first-order valence-corrected chi connectivity index (χ1v) is 13.6. The molecule has 1 heterocycles. The maximum atomic E-state index is 12.9. The number of benzene rings is 2. The molecule has 2 aromatic carbocycles. The average Bonchev–Trinajstić information content (AvgIpc) is 3.15. The number of carbonyl (C=O) groups excluding carboxylic acids is 2. The molecule has 0 radical (unpaired) electrons. The number of anilines is 1. The average molecular weight is 505 g/mol. The summed E-state index contributed by atoms with van der Waals surface area (Å²) >= 11 is 0. The third kappa shape index (κ3) is 7.47. The molecule has 5 nitrogen and oxygen atoms in total. The summed E-state index contributed by atoms with van der Waals surface area (Å²) in [5, 5.41) is 3.54. The monoisotopic (exact) mass is 504 g/mol. The quantitative estimate of drug-likeness (QED) is 0.153. The van der Waals surface area contributed by atoms with Gasteiger partial charge in [0.2, 0.25) is 5.78 Å². The highest BCUT2D eigenvalue weighted by molar-refractivity contribution is 6.22. The summed E-state index contributed by atoms with van der Waals surface area (Å²) in [5.41, 5.74) is 6.87. The Bertz CT molecular complexity index is 1100. The SMILES string of the molecule is CCCCCCCN(Cc1ccc(C(C)(C)C)cc1)/C(Nc1c(C)cc(C)cc1C)=C1/C(=O)COC1=O. The molecule has 37 heavy (non-hydrogen) atoms. The molecule has 0 aliphatic carbocycles. The lowest BCUT2D eigenvalue weighted by Crippen LogP contribution is -2.32. The van der Waals surface area contributed by atoms with Gasteiger partial charge in [-0.25, -0.2) is 4.79 Å². The largest absolute Gasteiger partial charge is 0.453 e. The number of Topliss-reactive ketones (excluding diaryl/α,β-unsaturated/α-hetero) is 1. The molecule has 0 bridgehead atoms. The van der Waals surface area contributed by atoms with Crippen molar-refractivity contribution >= 4 is 17.4 Å². The number of nitrogens with one attached hydrogen (secondary N) is 1. The summed E-state index contributed by atoms with van der Waals surface area (Å²) in [5.74, 6) is -0.263. The van der Waals surface area contributed by atoms with Gasteiger partial charge in [-0.15, -0.1) is 0 Å². The minimum absolute atomic E-state index is 0.0761. The zero-order valence-corrected chi connectivity index (χ0v) is 23.8. The minimum atomic E-state index is -0.547. The molecule has 0 saturated carbocycles. The predicted octanol–water partition coefficient (Wildman–Crippen LogP) is 7.13. The third-order valence-corrected chi connectivity index (χ3v) is 7.02. The molecular formula is C32H44N2O3. The van der Waals surface area contributed by atoms with Crippen molar-refractivity contribution in [3.05, 3.63) is 75.6 Å². The fourth-order valence-corrected chi connectivity index (χ4v) is 4.92. The Labute approximate surface area is 223 Å². The number of nitrogens with zero attached hydrogens (tertiary/aromatic N) is 1. The van der Waals surface area contributed by atoms with Crippen LogP contribution in [-0.4, -0.2) is 29.8 Å². The number of unbranched alkanes of at least 4 members (excludes halogenated alkanes) is 4. The molecule has 0 unspecified atom stereocenters. The maximum Gasteiger partial charge on any atom is 0.346 e. The first-order chi connectivity index (χ1) is 17.5. The highest BCUT2D eigenvalue weighted by atomic mass is 16.5. The van der Waals surface area contributed by atoms with Gasteiger partial charge in [-0.3, -0.25) is 4.79 Å². The lowest BCUT2D eigenvalue weighted by atomic mass is 9.87. The summed E-state index contributed by atoms with van der Waals surface area (Å²) in [6.45, 7) is 16.2. The molecular weight excluding hydrogens is 460 g/mol. The third-order valence-electron chi connectivity index (χ3n) is 7.02. The lowest BCUT2D eigenvalue weighted by molar-refractivity contribution is -0.135. The zero-order chi connectivity index (χ0) is 27.2. The van der Waals surface area contributed by atoms with Crippen LogP contribution in [-0.2, 0) is 26.3 Å². The highest BCUT2D eigenvalue weighted by Crippen LogP contribution is 2.29. The molecule has 1 aliphatic heterocycles. The number of hydrogen-bond donors (Lipinski definition) is 1. The molecule has 200 valence electrons. The smallest absolute Gasteiger partial charge is 0.346 e. The second-order valence-corrected chi connectivity index (χ2v) is 11.4. The lowest BCUT2D eigenvalue weighted by Gasteiger charge is -2.30. The fourth-order valence-electron chi connectivity index (χ4n) is 4.92. The van der Waals surface area contributed by atoms with Crippen molar-refractivity contribution in [1.82, 2.24) is 4.90 Å². The van der Waals surface area contributed by atoms with Crippen molar-refractivity contribution in [3.8, 4) is 0 Å². The molecule has 1 aliphatic rings. The highest BCUT2D eigenvalue weighted by Gasteiger charge is 2.34. The van der Waals surface area contributed by atoms with Crippen LogP contribution < -0.4 is 5.32 Å². The normalized spacial score (nSPS) is 15.1. The summed E-state index contributed by atoms with van der Waals surface area (Å²) in [6, 6.07) is 12.9. The summed E-state index contributed by atoms with van der Waals surface area (Å²) in [7, 11) is 0. The number of hydrogen-bond acceptors (Lipinski definition) is 5. The van der Waals surface area contributed by atoms with Gasteiger partial charge >= 0.3 is 5.97 Å². The maximum absolute atomic E-state index is 12.9. The van der Waals surface area contributed by atoms with Crippen LogP contribution in [0.5, 0.6) is 0 Å². The van der Waals surface area contributed by atoms with Crippen molar-refractivity contribution < 1.29 is 14.3 Å². The van der Waals surface area contributed by atoms with Crippen molar-refractivity contribution in [2.45, 2.75) is 92.5 Å². The minimum Gasteiger partial charge on any atom is -0.453 e. The van der Waals surface area contributed by atoms with Gasteiger partial charge in [-0.1, -0.05) is 95.3 Å². The molecule has 0 atom stereocenters. The van der Waals surface area contributed by atoms with Crippen LogP contribution in [0.1, 0.15) is 87.6 Å². The molecule has 1 N–H and O–H groups in total. The van der Waals surface area contributed by atoms with Crippen LogP contribution in [0.2, 0.25) is 0 Å². The van der Waals surface area contributed by atoms with Gasteiger partial charge < -0.3 is 15.0 Å². The molecule has 1 fully saturated rings. The topological polar surface area (TPSA) is 58.6 Å². The van der Waals surface area contributed by atoms with E-state index in [1.54, 1.807) is 0 Å². The van der Waals surface area contributed by atoms with E-state index in [4.69, 9.17) is 4.74 Å². The number of aryl methyl sites for hydroxylation is 3. The van der Waals surface area contributed by atoms with E-state index in [0.29, 0.717) is 12.4 Å². The fraction of sp³-hybridized carbons (Fsp3) is 0.500. The molecule has 3 rings (SSSR count). The van der Waals surface area contributed by atoms with Gasteiger partial charge in [0, 0.05) is 18.8 Å². The Morgan fingerprint density at radius 1 is 0.946 bits per heavy atom. The van der Waals surface area contributed by atoms with Crippen LogP contribution in [0.15, 0.2) is 47.8 Å². The second-order valence-electron chi connectivity index (χ2n) is 11.4. The molecule has 0 aromatic heterocycles. The van der Waals surface area contributed by atoms with E-state index < -0.39 is 5.97 Å². The van der Waals surface area contributed by atoms with E-state index >= 15 is 0 Å². The van der Waals surface area contributed by atoms with Crippen LogP contribution in [0.25, 0.3) is 0 Å². The van der Waals surface area contributed by atoms with Gasteiger partial charge in [0.25, 0.3) is 0 Å². The standard InChI is InChI=1S/C32H44N2O3/c1-8-9-10-11-12-17-34(20-25-13-15-26(16-14-25)32(5,6)7)30(28-27(35)21-37-31(28)36)33-29-23(3)18-22(2)19-24(29)4/h13-16,18-19,33H,8-12,17,20-21H2,1-7H3/b30-28-. The molecule has 5 heteroatoms. The number of rotatable bonds is 11. The number of carbonyl (C=O) groups is 2. The Morgan fingerprint density at radius 3 is 2.11 bits per heavy atom. The van der Waals surface area contributed by atoms with Gasteiger partial charge in [0.15, 0.2) is 6.61 Å². The van der Waals surface area contributed by atoms with Gasteiger partial charge in [-0.05, 0) is 54.9 Å². The Hall–Kier alpha value is -3.08. The van der Waals surface area contributed by atoms with Crippen LogP contribution in [0, 0.1) is 20.8 Å². The summed E-state index contributed by atoms with van der Waals surface area (Å²) < 4.78 is 5.17. The molecule has 0 spiro atoms. The van der Waals surface area contributed by atoms with E-state index in [2.05, 4.69) is 95.1 Å². The first-order valence-electron chi connectivity index (χ1n) is 13.6. The molecule has 1 saturated heterocycles. The van der Waals surface area contributed by atoms with Crippen molar-refractivity contribution in [2.75, 3.05) is 18.5 Å². The Kier molecular flexibility index (Phi) is 9.58. The van der Waals surface area contributed by atoms with E-state index in [9.17, 15) is 9.59 Å². The summed E-state index contributed by atoms with van der Waals surface area (Å²) in [6.07, 6.45) is 5.67. The number of ketones is 1. The Morgan fingerprint density at radius 2 is 1.57 bits per heavy atom. The zero-order valence-electron chi connectivity index (χ0n) is 23.8. The van der Waals surface area contributed by atoms with E-state index in [0.717, 1.165) is 41.8 Å². The molecule has 2 aromatic rings. The van der Waals surface area contributed by atoms with Crippen molar-refractivity contribution in [3.63, 3.8) is 0 Å². The van der Waals surface area contributed by atoms with Gasteiger partial charge in [0.1, 0.15) is 11.4 Å². The Balaban J connectivity index is 2.02. The van der Waals surface area contributed by atoms with Gasteiger partial charge in [0.05, 0.1) is 0 Å². The van der Waals surface area contributed by atoms with Crippen LogP contribution in [0.4, 0.5) is 5.69 Å². The predicted molar refractivity (Wildman–Crippen MR) is 152 cm³/mol. The number of esters is 1. The van der Waals surface area contributed by atoms with E-state index in [1.807, 2.05) is 0 Å². The molecule has 0 amide bonds. The first kappa shape index (κ1) is 28.5. The number of cyclic esters (lactones) is 1. The van der Waals surface area contributed by atoms with E-state index in [1.165, 1.54) is 30.4 Å². The van der Waals surface area contributed by atoms with Crippen molar-refractivity contribution in [2.24, 2.45) is 0 Å². The van der Waals surface area contributed by atoms with E-state index in [-0.39, 0.29) is 23.4 Å².